The number of fused-ring (bicyclic) bond motifs is 1. The van der Waals surface area contributed by atoms with Crippen molar-refractivity contribution < 1.29 is 9.53 Å². The maximum Gasteiger partial charge on any atom is 0.241 e. The van der Waals surface area contributed by atoms with Gasteiger partial charge in [-0.25, -0.2) is 4.68 Å². The zero-order valence-corrected chi connectivity index (χ0v) is 11.9. The van der Waals surface area contributed by atoms with Crippen molar-refractivity contribution in [2.24, 2.45) is 0 Å². The van der Waals surface area contributed by atoms with E-state index in [0.29, 0.717) is 6.54 Å². The van der Waals surface area contributed by atoms with Gasteiger partial charge in [0, 0.05) is 26.2 Å². The van der Waals surface area contributed by atoms with Crippen molar-refractivity contribution in [1.82, 2.24) is 25.2 Å². The number of hydrogen-bond acceptors (Lipinski definition) is 5. The molecule has 1 N–H and O–H groups in total. The average molecular weight is 289 g/mol. The van der Waals surface area contributed by atoms with E-state index in [0.717, 1.165) is 43.9 Å². The van der Waals surface area contributed by atoms with Crippen LogP contribution in [-0.4, -0.2) is 65.2 Å². The van der Waals surface area contributed by atoms with Gasteiger partial charge < -0.3 is 10.1 Å². The van der Waals surface area contributed by atoms with Crippen LogP contribution in [0.3, 0.4) is 0 Å². The molecule has 0 spiro atoms. The van der Waals surface area contributed by atoms with Gasteiger partial charge in [0.1, 0.15) is 12.1 Å². The van der Waals surface area contributed by atoms with Gasteiger partial charge in [-0.3, -0.25) is 9.69 Å². The standard InChI is InChI=1S/C14H19N5O2/c20-14(15-5-6-18-7-9-21-10-8-18)11-19-13-4-2-1-3-12(13)16-17-19/h1-4H,5-11H2,(H,15,20). The molecule has 1 aliphatic heterocycles. The highest BCUT2D eigenvalue weighted by Crippen LogP contribution is 2.09. The van der Waals surface area contributed by atoms with E-state index < -0.39 is 0 Å². The van der Waals surface area contributed by atoms with Gasteiger partial charge in [0.2, 0.25) is 5.91 Å². The number of morpholine rings is 1. The second-order valence-electron chi connectivity index (χ2n) is 5.04. The number of aromatic nitrogens is 3. The summed E-state index contributed by atoms with van der Waals surface area (Å²) in [4.78, 5) is 14.2. The Bertz CT molecular complexity index is 606. The van der Waals surface area contributed by atoms with E-state index in [1.807, 2.05) is 24.3 Å². The Morgan fingerprint density at radius 2 is 2.10 bits per heavy atom. The van der Waals surface area contributed by atoms with Crippen LogP contribution in [0.25, 0.3) is 11.0 Å². The molecule has 0 radical (unpaired) electrons. The van der Waals surface area contributed by atoms with Crippen LogP contribution < -0.4 is 5.32 Å². The first-order valence-electron chi connectivity index (χ1n) is 7.18. The van der Waals surface area contributed by atoms with Crippen LogP contribution in [0.4, 0.5) is 0 Å². The van der Waals surface area contributed by atoms with Crippen molar-refractivity contribution in [1.29, 1.82) is 0 Å². The molecule has 1 aliphatic rings. The summed E-state index contributed by atoms with van der Waals surface area (Å²) in [5.41, 5.74) is 1.68. The fraction of sp³-hybridized carbons (Fsp3) is 0.500. The van der Waals surface area contributed by atoms with E-state index in [2.05, 4.69) is 20.5 Å². The second kappa shape index (κ2) is 6.64. The van der Waals surface area contributed by atoms with Gasteiger partial charge in [-0.15, -0.1) is 5.10 Å². The van der Waals surface area contributed by atoms with Gasteiger partial charge in [-0.05, 0) is 12.1 Å². The molecular weight excluding hydrogens is 270 g/mol. The Hall–Kier alpha value is -1.99. The smallest absolute Gasteiger partial charge is 0.241 e. The molecule has 1 aromatic carbocycles. The molecule has 7 heteroatoms. The fourth-order valence-corrected chi connectivity index (χ4v) is 2.40. The van der Waals surface area contributed by atoms with Crippen LogP contribution in [0, 0.1) is 0 Å². The van der Waals surface area contributed by atoms with E-state index >= 15 is 0 Å². The predicted molar refractivity (Wildman–Crippen MR) is 77.8 cm³/mol. The molecule has 0 bridgehead atoms. The average Bonchev–Trinajstić information content (AvgIpc) is 2.92. The first kappa shape index (κ1) is 14.0. The highest BCUT2D eigenvalue weighted by Gasteiger charge is 2.11. The molecule has 2 heterocycles. The predicted octanol–water partition coefficient (Wildman–Crippen LogP) is -0.120. The molecule has 1 fully saturated rings. The van der Waals surface area contributed by atoms with Crippen LogP contribution in [0.1, 0.15) is 0 Å². The third-order valence-corrected chi connectivity index (χ3v) is 3.57. The lowest BCUT2D eigenvalue weighted by Crippen LogP contribution is -2.41. The van der Waals surface area contributed by atoms with Gasteiger partial charge in [0.15, 0.2) is 0 Å². The molecule has 0 atom stereocenters. The van der Waals surface area contributed by atoms with Crippen LogP contribution in [-0.2, 0) is 16.1 Å². The molecule has 7 nitrogen and oxygen atoms in total. The first-order chi connectivity index (χ1) is 10.3. The maximum absolute atomic E-state index is 12.0. The number of para-hydroxylation sites is 1. The molecule has 0 saturated carbocycles. The minimum atomic E-state index is -0.0427. The van der Waals surface area contributed by atoms with Gasteiger partial charge in [0.05, 0.1) is 18.7 Å². The van der Waals surface area contributed by atoms with E-state index in [1.54, 1.807) is 4.68 Å². The van der Waals surface area contributed by atoms with Crippen molar-refractivity contribution in [3.8, 4) is 0 Å². The molecule has 112 valence electrons. The van der Waals surface area contributed by atoms with E-state index in [1.165, 1.54) is 0 Å². The molecular formula is C14H19N5O2. The second-order valence-corrected chi connectivity index (χ2v) is 5.04. The Morgan fingerprint density at radius 1 is 1.29 bits per heavy atom. The molecule has 0 aliphatic carbocycles. The minimum Gasteiger partial charge on any atom is -0.379 e. The highest BCUT2D eigenvalue weighted by atomic mass is 16.5. The van der Waals surface area contributed by atoms with Crippen molar-refractivity contribution in [2.75, 3.05) is 39.4 Å². The largest absolute Gasteiger partial charge is 0.379 e. The van der Waals surface area contributed by atoms with Gasteiger partial charge in [-0.1, -0.05) is 17.3 Å². The number of ether oxygens (including phenoxy) is 1. The zero-order chi connectivity index (χ0) is 14.5. The molecule has 0 unspecified atom stereocenters. The van der Waals surface area contributed by atoms with Crippen molar-refractivity contribution in [2.45, 2.75) is 6.54 Å². The highest BCUT2D eigenvalue weighted by molar-refractivity contribution is 5.79. The molecule has 1 aromatic heterocycles. The topological polar surface area (TPSA) is 72.3 Å². The number of rotatable bonds is 5. The summed E-state index contributed by atoms with van der Waals surface area (Å²) >= 11 is 0. The number of nitrogens with zero attached hydrogens (tertiary/aromatic N) is 4. The zero-order valence-electron chi connectivity index (χ0n) is 11.9. The lowest BCUT2D eigenvalue weighted by Gasteiger charge is -2.26. The number of carbonyl (C=O) groups excluding carboxylic acids is 1. The van der Waals surface area contributed by atoms with Crippen LogP contribution in [0.2, 0.25) is 0 Å². The maximum atomic E-state index is 12.0. The molecule has 1 amide bonds. The van der Waals surface area contributed by atoms with E-state index in [4.69, 9.17) is 4.74 Å². The third kappa shape index (κ3) is 3.56. The van der Waals surface area contributed by atoms with Crippen molar-refractivity contribution in [3.63, 3.8) is 0 Å². The summed E-state index contributed by atoms with van der Waals surface area (Å²) in [5.74, 6) is -0.0427. The number of benzene rings is 1. The van der Waals surface area contributed by atoms with Gasteiger partial charge >= 0.3 is 0 Å². The molecule has 3 rings (SSSR count). The van der Waals surface area contributed by atoms with Crippen LogP contribution in [0.15, 0.2) is 24.3 Å². The van der Waals surface area contributed by atoms with Gasteiger partial charge in [0.25, 0.3) is 0 Å². The summed E-state index contributed by atoms with van der Waals surface area (Å²) in [6.45, 7) is 5.12. The number of amides is 1. The normalized spacial score (nSPS) is 16.2. The van der Waals surface area contributed by atoms with E-state index in [-0.39, 0.29) is 12.5 Å². The number of carbonyl (C=O) groups is 1. The molecule has 1 saturated heterocycles. The van der Waals surface area contributed by atoms with Gasteiger partial charge in [-0.2, -0.15) is 0 Å². The quantitative estimate of drug-likeness (QED) is 0.831. The van der Waals surface area contributed by atoms with Crippen LogP contribution in [0.5, 0.6) is 0 Å². The minimum absolute atomic E-state index is 0.0427. The van der Waals surface area contributed by atoms with E-state index in [9.17, 15) is 4.79 Å². The Labute approximate surface area is 122 Å². The Kier molecular flexibility index (Phi) is 4.42. The molecule has 21 heavy (non-hydrogen) atoms. The summed E-state index contributed by atoms with van der Waals surface area (Å²) in [6.07, 6.45) is 0. The summed E-state index contributed by atoms with van der Waals surface area (Å²) in [5, 5.41) is 11.0. The number of hydrogen-bond donors (Lipinski definition) is 1. The Balaban J connectivity index is 1.47. The third-order valence-electron chi connectivity index (χ3n) is 3.57. The van der Waals surface area contributed by atoms with Crippen LogP contribution >= 0.6 is 0 Å². The monoisotopic (exact) mass is 289 g/mol. The lowest BCUT2D eigenvalue weighted by molar-refractivity contribution is -0.121. The SMILES string of the molecule is O=C(Cn1nnc2ccccc21)NCCN1CCOCC1. The van der Waals surface area contributed by atoms with Crippen molar-refractivity contribution in [3.05, 3.63) is 24.3 Å². The number of nitrogens with one attached hydrogen (secondary N) is 1. The summed E-state index contributed by atoms with van der Waals surface area (Å²) < 4.78 is 6.91. The van der Waals surface area contributed by atoms with Crippen molar-refractivity contribution >= 4 is 16.9 Å². The summed E-state index contributed by atoms with van der Waals surface area (Å²) in [6, 6.07) is 7.62. The molecule has 2 aromatic rings. The fourth-order valence-electron chi connectivity index (χ4n) is 2.40. The Morgan fingerprint density at radius 3 is 2.95 bits per heavy atom. The first-order valence-corrected chi connectivity index (χ1v) is 7.18. The summed E-state index contributed by atoms with van der Waals surface area (Å²) in [7, 11) is 0. The lowest BCUT2D eigenvalue weighted by atomic mass is 10.3.